The van der Waals surface area contributed by atoms with Crippen molar-refractivity contribution in [1.29, 1.82) is 0 Å². The molecule has 2 aromatic rings. The maximum absolute atomic E-state index is 13.0. The van der Waals surface area contributed by atoms with Crippen LogP contribution in [0, 0.1) is 6.92 Å². The van der Waals surface area contributed by atoms with E-state index in [0.717, 1.165) is 16.1 Å². The quantitative estimate of drug-likeness (QED) is 0.681. The zero-order chi connectivity index (χ0) is 21.1. The van der Waals surface area contributed by atoms with Gasteiger partial charge in [0.15, 0.2) is 0 Å². The van der Waals surface area contributed by atoms with Crippen molar-refractivity contribution in [2.45, 2.75) is 26.3 Å². The molecule has 0 saturated heterocycles. The molecule has 0 spiro atoms. The van der Waals surface area contributed by atoms with Crippen LogP contribution in [0.5, 0.6) is 5.75 Å². The number of hydrogen-bond donors (Lipinski definition) is 1. The lowest BCUT2D eigenvalue weighted by Crippen LogP contribution is -2.47. The summed E-state index contributed by atoms with van der Waals surface area (Å²) in [6, 6.07) is 8.65. The molecule has 0 aliphatic rings. The highest BCUT2D eigenvalue weighted by Crippen LogP contribution is 2.35. The third-order valence-electron chi connectivity index (χ3n) is 4.15. The number of carbonyl (C=O) groups is 1. The fourth-order valence-corrected chi connectivity index (χ4v) is 4.45. The third-order valence-corrected chi connectivity index (χ3v) is 5.79. The van der Waals surface area contributed by atoms with Gasteiger partial charge in [0.25, 0.3) is 0 Å². The number of sulfonamides is 1. The van der Waals surface area contributed by atoms with Crippen molar-refractivity contribution in [3.05, 3.63) is 52.0 Å². The van der Waals surface area contributed by atoms with Crippen molar-refractivity contribution in [3.63, 3.8) is 0 Å². The first kappa shape index (κ1) is 22.3. The van der Waals surface area contributed by atoms with Gasteiger partial charge in [-0.15, -0.1) is 0 Å². The van der Waals surface area contributed by atoms with Crippen LogP contribution in [0.4, 0.5) is 11.4 Å². The maximum Gasteiger partial charge on any atom is 0.248 e. The molecular formula is C19H22Cl2N2O4S. The van der Waals surface area contributed by atoms with Crippen molar-refractivity contribution in [2.24, 2.45) is 0 Å². The second kappa shape index (κ2) is 9.03. The van der Waals surface area contributed by atoms with E-state index in [4.69, 9.17) is 27.9 Å². The Bertz CT molecular complexity index is 980. The van der Waals surface area contributed by atoms with Gasteiger partial charge in [-0.05, 0) is 55.3 Å². The Morgan fingerprint density at radius 1 is 1.18 bits per heavy atom. The van der Waals surface area contributed by atoms with Crippen LogP contribution in [0.3, 0.4) is 0 Å². The average molecular weight is 445 g/mol. The molecule has 0 aliphatic carbocycles. The molecule has 2 rings (SSSR count). The molecule has 1 amide bonds. The highest BCUT2D eigenvalue weighted by molar-refractivity contribution is 7.92. The molecule has 1 N–H and O–H groups in total. The number of halogens is 2. The molecule has 152 valence electrons. The van der Waals surface area contributed by atoms with Gasteiger partial charge in [0.2, 0.25) is 15.9 Å². The van der Waals surface area contributed by atoms with Crippen LogP contribution in [-0.4, -0.2) is 33.7 Å². The first-order chi connectivity index (χ1) is 13.1. The zero-order valence-electron chi connectivity index (χ0n) is 16.0. The number of carbonyl (C=O) groups excluding carboxylic acids is 1. The molecule has 6 nitrogen and oxygen atoms in total. The number of methoxy groups -OCH3 is 1. The van der Waals surface area contributed by atoms with E-state index in [0.29, 0.717) is 21.5 Å². The topological polar surface area (TPSA) is 75.7 Å². The van der Waals surface area contributed by atoms with Crippen molar-refractivity contribution < 1.29 is 17.9 Å². The van der Waals surface area contributed by atoms with E-state index < -0.39 is 22.0 Å². The van der Waals surface area contributed by atoms with Crippen LogP contribution in [0.2, 0.25) is 10.0 Å². The Kier molecular flexibility index (Phi) is 7.20. The van der Waals surface area contributed by atoms with E-state index in [2.05, 4.69) is 5.32 Å². The summed E-state index contributed by atoms with van der Waals surface area (Å²) >= 11 is 12.0. The molecule has 0 fully saturated rings. The number of benzene rings is 2. The summed E-state index contributed by atoms with van der Waals surface area (Å²) in [6.45, 7) is 3.53. The van der Waals surface area contributed by atoms with Gasteiger partial charge in [-0.1, -0.05) is 30.1 Å². The zero-order valence-corrected chi connectivity index (χ0v) is 18.3. The second-order valence-corrected chi connectivity index (χ2v) is 8.98. The molecule has 0 heterocycles. The minimum atomic E-state index is -3.82. The van der Waals surface area contributed by atoms with Gasteiger partial charge in [-0.25, -0.2) is 8.42 Å². The smallest absolute Gasteiger partial charge is 0.248 e. The van der Waals surface area contributed by atoms with Crippen molar-refractivity contribution in [3.8, 4) is 5.75 Å². The molecular weight excluding hydrogens is 423 g/mol. The van der Waals surface area contributed by atoms with Crippen molar-refractivity contribution in [1.82, 2.24) is 0 Å². The highest BCUT2D eigenvalue weighted by atomic mass is 35.5. The molecule has 0 unspecified atom stereocenters. The number of anilines is 2. The standard InChI is InChI=1S/C19H22Cl2N2O4S/c1-5-16(19(24)22-15-8-6-13(20)10-12(15)2)23(28(4,25)26)17-11-14(21)7-9-18(17)27-3/h6-11,16H,5H2,1-4H3,(H,22,24)/t16-/m0/s1. The Morgan fingerprint density at radius 2 is 1.79 bits per heavy atom. The van der Waals surface area contributed by atoms with Crippen LogP contribution in [0.15, 0.2) is 36.4 Å². The Morgan fingerprint density at radius 3 is 2.32 bits per heavy atom. The van der Waals surface area contributed by atoms with Crippen LogP contribution in [-0.2, 0) is 14.8 Å². The first-order valence-corrected chi connectivity index (χ1v) is 11.1. The molecule has 0 saturated carbocycles. The Labute approximate surface area is 175 Å². The van der Waals surface area contributed by atoms with Gasteiger partial charge in [0, 0.05) is 15.7 Å². The summed E-state index contributed by atoms with van der Waals surface area (Å²) in [4.78, 5) is 13.0. The summed E-state index contributed by atoms with van der Waals surface area (Å²) < 4.78 is 31.6. The maximum atomic E-state index is 13.0. The van der Waals surface area contributed by atoms with Gasteiger partial charge in [0.1, 0.15) is 11.8 Å². The van der Waals surface area contributed by atoms with E-state index in [1.54, 1.807) is 44.2 Å². The van der Waals surface area contributed by atoms with E-state index >= 15 is 0 Å². The molecule has 0 bridgehead atoms. The normalized spacial score (nSPS) is 12.4. The molecule has 0 radical (unpaired) electrons. The van der Waals surface area contributed by atoms with Gasteiger partial charge in [-0.3, -0.25) is 9.10 Å². The van der Waals surface area contributed by atoms with Gasteiger partial charge in [-0.2, -0.15) is 0 Å². The monoisotopic (exact) mass is 444 g/mol. The lowest BCUT2D eigenvalue weighted by molar-refractivity contribution is -0.117. The largest absolute Gasteiger partial charge is 0.495 e. The lowest BCUT2D eigenvalue weighted by atomic mass is 10.1. The number of nitrogens with zero attached hydrogens (tertiary/aromatic N) is 1. The molecule has 9 heteroatoms. The van der Waals surface area contributed by atoms with Crippen LogP contribution < -0.4 is 14.4 Å². The third kappa shape index (κ3) is 5.10. The number of rotatable bonds is 7. The molecule has 28 heavy (non-hydrogen) atoms. The van der Waals surface area contributed by atoms with Crippen LogP contribution in [0.25, 0.3) is 0 Å². The van der Waals surface area contributed by atoms with E-state index in [9.17, 15) is 13.2 Å². The number of amides is 1. The lowest BCUT2D eigenvalue weighted by Gasteiger charge is -2.31. The van der Waals surface area contributed by atoms with E-state index in [-0.39, 0.29) is 12.1 Å². The van der Waals surface area contributed by atoms with Gasteiger partial charge < -0.3 is 10.1 Å². The Balaban J connectivity index is 2.49. The minimum absolute atomic E-state index is 0.201. The predicted molar refractivity (Wildman–Crippen MR) is 114 cm³/mol. The fourth-order valence-electron chi connectivity index (χ4n) is 2.85. The summed E-state index contributed by atoms with van der Waals surface area (Å²) in [5.74, 6) is -0.177. The van der Waals surface area contributed by atoms with Gasteiger partial charge >= 0.3 is 0 Å². The molecule has 1 atom stereocenters. The summed E-state index contributed by atoms with van der Waals surface area (Å²) in [5.41, 5.74) is 1.52. The highest BCUT2D eigenvalue weighted by Gasteiger charge is 2.33. The van der Waals surface area contributed by atoms with Crippen LogP contribution >= 0.6 is 23.2 Å². The number of hydrogen-bond acceptors (Lipinski definition) is 4. The molecule has 0 aromatic heterocycles. The number of aryl methyl sites for hydroxylation is 1. The summed E-state index contributed by atoms with van der Waals surface area (Å²) in [7, 11) is -2.40. The first-order valence-electron chi connectivity index (χ1n) is 8.48. The predicted octanol–water partition coefficient (Wildman–Crippen LogP) is 4.49. The molecule has 2 aromatic carbocycles. The van der Waals surface area contributed by atoms with E-state index in [1.807, 2.05) is 0 Å². The average Bonchev–Trinajstić information content (AvgIpc) is 2.60. The minimum Gasteiger partial charge on any atom is -0.495 e. The SMILES string of the molecule is CC[C@@H](C(=O)Nc1ccc(Cl)cc1C)N(c1cc(Cl)ccc1OC)S(C)(=O)=O. The summed E-state index contributed by atoms with van der Waals surface area (Å²) in [6.07, 6.45) is 1.28. The molecule has 0 aliphatic heterocycles. The van der Waals surface area contributed by atoms with Crippen molar-refractivity contribution >= 4 is 50.5 Å². The number of ether oxygens (including phenoxy) is 1. The van der Waals surface area contributed by atoms with Crippen LogP contribution in [0.1, 0.15) is 18.9 Å². The Hall–Kier alpha value is -1.96. The fraction of sp³-hybridized carbons (Fsp3) is 0.316. The number of nitrogens with one attached hydrogen (secondary N) is 1. The summed E-state index contributed by atoms with van der Waals surface area (Å²) in [5, 5.41) is 3.66. The second-order valence-electron chi connectivity index (χ2n) is 6.25. The van der Waals surface area contributed by atoms with Crippen molar-refractivity contribution in [2.75, 3.05) is 23.0 Å². The van der Waals surface area contributed by atoms with E-state index in [1.165, 1.54) is 13.2 Å². The van der Waals surface area contributed by atoms with Gasteiger partial charge in [0.05, 0.1) is 19.1 Å².